The van der Waals surface area contributed by atoms with Gasteiger partial charge in [0.1, 0.15) is 11.5 Å². The monoisotopic (exact) mass is 364 g/mol. The molecule has 0 atom stereocenters. The first kappa shape index (κ1) is 14.0. The summed E-state index contributed by atoms with van der Waals surface area (Å²) in [5.74, 6) is 1.68. The molecule has 0 heterocycles. The fourth-order valence-electron chi connectivity index (χ4n) is 1.36. The second-order valence-electron chi connectivity index (χ2n) is 3.58. The smallest absolute Gasteiger partial charge is 0.147 e. The average Bonchev–Trinajstić information content (AvgIpc) is 2.37. The van der Waals surface area contributed by atoms with Crippen LogP contribution in [0.4, 0.5) is 0 Å². The van der Waals surface area contributed by atoms with Crippen LogP contribution in [0.3, 0.4) is 0 Å². The molecule has 0 radical (unpaired) electrons. The molecule has 2 aromatic carbocycles. The molecule has 18 heavy (non-hydrogen) atoms. The Balaban J connectivity index is 2.25. The van der Waals surface area contributed by atoms with Crippen LogP contribution in [0.2, 0.25) is 10.0 Å². The fourth-order valence-corrected chi connectivity index (χ4v) is 2.37. The number of alkyl halides is 1. The van der Waals surface area contributed by atoms with Gasteiger partial charge in [-0.1, -0.05) is 35.3 Å². The summed E-state index contributed by atoms with van der Waals surface area (Å²) in [5, 5.41) is 1.04. The Morgan fingerprint density at radius 1 is 1.00 bits per heavy atom. The van der Waals surface area contributed by atoms with Gasteiger partial charge in [0.05, 0.1) is 10.0 Å². The van der Waals surface area contributed by atoms with Gasteiger partial charge in [0.25, 0.3) is 0 Å². The van der Waals surface area contributed by atoms with Gasteiger partial charge in [-0.2, -0.15) is 0 Å². The van der Waals surface area contributed by atoms with E-state index in [1.54, 1.807) is 12.1 Å². The molecule has 0 spiro atoms. The molecule has 0 fully saturated rings. The highest BCUT2D eigenvalue weighted by Crippen LogP contribution is 2.36. The van der Waals surface area contributed by atoms with Crippen LogP contribution in [0.25, 0.3) is 0 Å². The zero-order valence-electron chi connectivity index (χ0n) is 9.09. The highest BCUT2D eigenvalue weighted by atomic mass is 79.9. The molecule has 5 heteroatoms. The minimum Gasteiger partial charge on any atom is -0.456 e. The molecule has 0 aromatic heterocycles. The predicted octanol–water partition coefficient (Wildman–Crippen LogP) is 6.29. The van der Waals surface area contributed by atoms with Crippen LogP contribution in [0.5, 0.6) is 11.5 Å². The quantitative estimate of drug-likeness (QED) is 0.458. The molecule has 0 bridgehead atoms. The first-order valence-corrected chi connectivity index (χ1v) is 7.16. The summed E-state index contributed by atoms with van der Waals surface area (Å²) >= 11 is 21.1. The Labute approximate surface area is 129 Å². The third-order valence-corrected chi connectivity index (χ3v) is 4.08. The van der Waals surface area contributed by atoms with Gasteiger partial charge in [-0.25, -0.2) is 0 Å². The van der Waals surface area contributed by atoms with Gasteiger partial charge in [-0.05, 0) is 39.7 Å². The van der Waals surface area contributed by atoms with Crippen molar-refractivity contribution in [1.82, 2.24) is 0 Å². The van der Waals surface area contributed by atoms with Crippen LogP contribution in [0.15, 0.2) is 40.9 Å². The van der Waals surface area contributed by atoms with Gasteiger partial charge >= 0.3 is 0 Å². The second-order valence-corrected chi connectivity index (χ2v) is 5.51. The lowest BCUT2D eigenvalue weighted by Gasteiger charge is -2.09. The second kappa shape index (κ2) is 6.16. The lowest BCUT2D eigenvalue weighted by Crippen LogP contribution is -1.87. The van der Waals surface area contributed by atoms with E-state index in [2.05, 4.69) is 15.9 Å². The Morgan fingerprint density at radius 3 is 2.28 bits per heavy atom. The molecule has 0 N–H and O–H groups in total. The molecule has 0 saturated carbocycles. The van der Waals surface area contributed by atoms with Crippen LogP contribution in [0.1, 0.15) is 5.56 Å². The Hall–Kier alpha value is -0.410. The molecule has 0 aliphatic carbocycles. The minimum atomic E-state index is 0.477. The van der Waals surface area contributed by atoms with Crippen molar-refractivity contribution in [3.8, 4) is 11.5 Å². The van der Waals surface area contributed by atoms with E-state index in [1.165, 1.54) is 0 Å². The Kier molecular flexibility index (Phi) is 4.79. The molecule has 0 aliphatic heterocycles. The predicted molar refractivity (Wildman–Crippen MR) is 80.2 cm³/mol. The molecule has 0 saturated heterocycles. The van der Waals surface area contributed by atoms with Crippen LogP contribution >= 0.6 is 50.7 Å². The largest absolute Gasteiger partial charge is 0.456 e. The van der Waals surface area contributed by atoms with Gasteiger partial charge in [0.15, 0.2) is 0 Å². The van der Waals surface area contributed by atoms with Crippen LogP contribution in [-0.2, 0) is 5.88 Å². The average molecular weight is 366 g/mol. The van der Waals surface area contributed by atoms with Crippen molar-refractivity contribution in [2.45, 2.75) is 5.88 Å². The summed E-state index contributed by atoms with van der Waals surface area (Å²) in [5.41, 5.74) is 1.03. The zero-order chi connectivity index (χ0) is 13.1. The number of hydrogen-bond acceptors (Lipinski definition) is 1. The lowest BCUT2D eigenvalue weighted by molar-refractivity contribution is 0.482. The van der Waals surface area contributed by atoms with Gasteiger partial charge in [0, 0.05) is 16.4 Å². The van der Waals surface area contributed by atoms with Crippen molar-refractivity contribution in [3.05, 3.63) is 56.5 Å². The summed E-state index contributed by atoms with van der Waals surface area (Å²) in [6, 6.07) is 10.8. The standard InChI is InChI=1S/C13H8BrCl3O/c14-10-5-12(17)13(6-11(10)16)18-9-3-1-8(7-15)2-4-9/h1-6H,7H2. The summed E-state index contributed by atoms with van der Waals surface area (Å²) in [4.78, 5) is 0. The molecule has 2 aromatic rings. The number of rotatable bonds is 3. The lowest BCUT2D eigenvalue weighted by atomic mass is 10.2. The first-order valence-electron chi connectivity index (χ1n) is 5.07. The minimum absolute atomic E-state index is 0.477. The van der Waals surface area contributed by atoms with Gasteiger partial charge < -0.3 is 4.74 Å². The van der Waals surface area contributed by atoms with Crippen molar-refractivity contribution in [3.63, 3.8) is 0 Å². The maximum absolute atomic E-state index is 6.08. The number of halogens is 4. The van der Waals surface area contributed by atoms with Crippen molar-refractivity contribution in [2.24, 2.45) is 0 Å². The summed E-state index contributed by atoms with van der Waals surface area (Å²) in [6.45, 7) is 0. The van der Waals surface area contributed by atoms with Gasteiger partial charge in [-0.15, -0.1) is 11.6 Å². The topological polar surface area (TPSA) is 9.23 Å². The zero-order valence-corrected chi connectivity index (χ0v) is 12.9. The van der Waals surface area contributed by atoms with Crippen LogP contribution < -0.4 is 4.74 Å². The van der Waals surface area contributed by atoms with E-state index in [9.17, 15) is 0 Å². The van der Waals surface area contributed by atoms with E-state index < -0.39 is 0 Å². The van der Waals surface area contributed by atoms with E-state index in [0.717, 1.165) is 10.0 Å². The number of ether oxygens (including phenoxy) is 1. The summed E-state index contributed by atoms with van der Waals surface area (Å²) in [6.07, 6.45) is 0. The van der Waals surface area contributed by atoms with Crippen molar-refractivity contribution in [2.75, 3.05) is 0 Å². The fraction of sp³-hybridized carbons (Fsp3) is 0.0769. The molecule has 0 aliphatic rings. The van der Waals surface area contributed by atoms with E-state index in [0.29, 0.717) is 27.4 Å². The third-order valence-electron chi connectivity index (χ3n) is 2.28. The first-order chi connectivity index (χ1) is 8.60. The molecule has 1 nitrogen and oxygen atoms in total. The normalized spacial score (nSPS) is 10.4. The van der Waals surface area contributed by atoms with Crippen molar-refractivity contribution < 1.29 is 4.74 Å². The number of hydrogen-bond donors (Lipinski definition) is 0. The number of benzene rings is 2. The van der Waals surface area contributed by atoms with E-state index in [1.807, 2.05) is 24.3 Å². The molecule has 0 unspecified atom stereocenters. The summed E-state index contributed by atoms with van der Waals surface area (Å²) < 4.78 is 6.40. The van der Waals surface area contributed by atoms with E-state index in [4.69, 9.17) is 39.5 Å². The molecular weight excluding hydrogens is 358 g/mol. The molecular formula is C13H8BrCl3O. The Morgan fingerprint density at radius 2 is 1.67 bits per heavy atom. The maximum atomic E-state index is 6.08. The van der Waals surface area contributed by atoms with Gasteiger partial charge in [0.2, 0.25) is 0 Å². The van der Waals surface area contributed by atoms with Crippen molar-refractivity contribution >= 4 is 50.7 Å². The van der Waals surface area contributed by atoms with Crippen LogP contribution in [0, 0.1) is 0 Å². The SMILES string of the molecule is ClCc1ccc(Oc2cc(Cl)c(Br)cc2Cl)cc1. The van der Waals surface area contributed by atoms with E-state index in [-0.39, 0.29) is 0 Å². The van der Waals surface area contributed by atoms with Crippen LogP contribution in [-0.4, -0.2) is 0 Å². The molecule has 94 valence electrons. The maximum Gasteiger partial charge on any atom is 0.147 e. The highest BCUT2D eigenvalue weighted by Gasteiger charge is 2.07. The third kappa shape index (κ3) is 3.33. The van der Waals surface area contributed by atoms with E-state index >= 15 is 0 Å². The highest BCUT2D eigenvalue weighted by molar-refractivity contribution is 9.10. The van der Waals surface area contributed by atoms with Crippen molar-refractivity contribution in [1.29, 1.82) is 0 Å². The Bertz CT molecular complexity index is 555. The molecule has 0 amide bonds. The van der Waals surface area contributed by atoms with Gasteiger partial charge in [-0.3, -0.25) is 0 Å². The summed E-state index contributed by atoms with van der Waals surface area (Å²) in [7, 11) is 0. The molecule has 2 rings (SSSR count).